The molecule has 0 fully saturated rings. The standard InChI is InChI=1S/C13H16N2O4S/c1-13(2,3)11(12(16)17)15-20(18,19)10-6-4-9(8-14)5-7-10/h4-7,11,15H,1-3H3,(H,16,17)/t11-/m0/s1. The molecule has 7 heteroatoms. The molecule has 1 rings (SSSR count). The summed E-state index contributed by atoms with van der Waals surface area (Å²) in [5.41, 5.74) is -0.444. The van der Waals surface area contributed by atoms with Gasteiger partial charge in [0, 0.05) is 0 Å². The molecule has 1 aromatic rings. The number of nitrogens with one attached hydrogen (secondary N) is 1. The van der Waals surface area contributed by atoms with Gasteiger partial charge in [0.05, 0.1) is 16.5 Å². The first kappa shape index (κ1) is 16.1. The van der Waals surface area contributed by atoms with Crippen LogP contribution in [0.3, 0.4) is 0 Å². The smallest absolute Gasteiger partial charge is 0.322 e. The number of rotatable bonds is 4. The van der Waals surface area contributed by atoms with Crippen LogP contribution >= 0.6 is 0 Å². The quantitative estimate of drug-likeness (QED) is 0.871. The van der Waals surface area contributed by atoms with Crippen molar-refractivity contribution in [2.75, 3.05) is 0 Å². The van der Waals surface area contributed by atoms with Crippen molar-refractivity contribution in [1.29, 1.82) is 5.26 Å². The van der Waals surface area contributed by atoms with E-state index in [0.717, 1.165) is 0 Å². The van der Waals surface area contributed by atoms with Crippen molar-refractivity contribution in [3.63, 3.8) is 0 Å². The van der Waals surface area contributed by atoms with Crippen LogP contribution in [0.25, 0.3) is 0 Å². The van der Waals surface area contributed by atoms with E-state index in [0.29, 0.717) is 5.56 Å². The molecule has 0 aliphatic carbocycles. The molecule has 20 heavy (non-hydrogen) atoms. The van der Waals surface area contributed by atoms with Crippen LogP contribution in [0.4, 0.5) is 0 Å². The highest BCUT2D eigenvalue weighted by molar-refractivity contribution is 7.89. The number of sulfonamides is 1. The van der Waals surface area contributed by atoms with Crippen molar-refractivity contribution >= 4 is 16.0 Å². The van der Waals surface area contributed by atoms with Crippen molar-refractivity contribution in [1.82, 2.24) is 4.72 Å². The Hall–Kier alpha value is -1.91. The summed E-state index contributed by atoms with van der Waals surface area (Å²) in [5, 5.41) is 17.8. The van der Waals surface area contributed by atoms with Crippen LogP contribution < -0.4 is 4.72 Å². The summed E-state index contributed by atoms with van der Waals surface area (Å²) < 4.78 is 26.4. The van der Waals surface area contributed by atoms with Gasteiger partial charge in [-0.2, -0.15) is 9.98 Å². The highest BCUT2D eigenvalue weighted by atomic mass is 32.2. The minimum atomic E-state index is -3.95. The molecule has 108 valence electrons. The number of nitrogens with zero attached hydrogens (tertiary/aromatic N) is 1. The summed E-state index contributed by atoms with van der Waals surface area (Å²) >= 11 is 0. The van der Waals surface area contributed by atoms with E-state index in [1.807, 2.05) is 6.07 Å². The van der Waals surface area contributed by atoms with E-state index in [1.54, 1.807) is 20.8 Å². The molecule has 2 N–H and O–H groups in total. The molecular formula is C13H16N2O4S. The van der Waals surface area contributed by atoms with E-state index in [1.165, 1.54) is 24.3 Å². The van der Waals surface area contributed by atoms with Gasteiger partial charge in [0.2, 0.25) is 10.0 Å². The fourth-order valence-electron chi connectivity index (χ4n) is 1.53. The average molecular weight is 296 g/mol. The number of benzene rings is 1. The van der Waals surface area contributed by atoms with Gasteiger partial charge < -0.3 is 5.11 Å². The molecule has 0 unspecified atom stereocenters. The zero-order chi connectivity index (χ0) is 15.6. The second-order valence-electron chi connectivity index (χ2n) is 5.39. The summed E-state index contributed by atoms with van der Waals surface area (Å²) in [5.74, 6) is -1.24. The molecule has 0 saturated carbocycles. The third-order valence-electron chi connectivity index (χ3n) is 2.68. The number of carboxylic acids is 1. The Balaban J connectivity index is 3.10. The van der Waals surface area contributed by atoms with Gasteiger partial charge in [-0.1, -0.05) is 20.8 Å². The fraction of sp³-hybridized carbons (Fsp3) is 0.385. The Morgan fingerprint density at radius 2 is 1.80 bits per heavy atom. The number of nitriles is 1. The molecular weight excluding hydrogens is 280 g/mol. The second-order valence-corrected chi connectivity index (χ2v) is 7.11. The average Bonchev–Trinajstić information content (AvgIpc) is 2.34. The maximum absolute atomic E-state index is 12.1. The largest absolute Gasteiger partial charge is 0.480 e. The van der Waals surface area contributed by atoms with Crippen LogP contribution in [-0.4, -0.2) is 25.5 Å². The third kappa shape index (κ3) is 3.79. The SMILES string of the molecule is CC(C)(C)[C@@H](NS(=O)(=O)c1ccc(C#N)cc1)C(=O)O. The first-order chi connectivity index (χ1) is 9.08. The van der Waals surface area contributed by atoms with Crippen molar-refractivity contribution in [3.05, 3.63) is 29.8 Å². The Kier molecular flexibility index (Phi) is 4.53. The number of carboxylic acid groups (broad SMARTS) is 1. The van der Waals surface area contributed by atoms with Crippen molar-refractivity contribution < 1.29 is 18.3 Å². The van der Waals surface area contributed by atoms with Gasteiger partial charge in [-0.05, 0) is 29.7 Å². The van der Waals surface area contributed by atoms with Gasteiger partial charge in [0.25, 0.3) is 0 Å². The Labute approximate surface area is 118 Å². The Bertz CT molecular complexity index is 636. The van der Waals surface area contributed by atoms with Crippen LogP contribution in [0.2, 0.25) is 0 Å². The van der Waals surface area contributed by atoms with Crippen LogP contribution in [0.5, 0.6) is 0 Å². The zero-order valence-corrected chi connectivity index (χ0v) is 12.2. The summed E-state index contributed by atoms with van der Waals surface area (Å²) in [6.45, 7) is 4.90. The third-order valence-corrected chi connectivity index (χ3v) is 4.12. The van der Waals surface area contributed by atoms with E-state index < -0.39 is 27.4 Å². The minimum Gasteiger partial charge on any atom is -0.480 e. The number of carbonyl (C=O) groups is 1. The highest BCUT2D eigenvalue weighted by Crippen LogP contribution is 2.22. The molecule has 0 aliphatic heterocycles. The van der Waals surface area contributed by atoms with E-state index in [9.17, 15) is 13.2 Å². The minimum absolute atomic E-state index is 0.0769. The lowest BCUT2D eigenvalue weighted by Gasteiger charge is -2.27. The number of hydrogen-bond acceptors (Lipinski definition) is 4. The van der Waals surface area contributed by atoms with Crippen molar-refractivity contribution in [2.45, 2.75) is 31.7 Å². The number of hydrogen-bond donors (Lipinski definition) is 2. The predicted molar refractivity (Wildman–Crippen MR) is 72.4 cm³/mol. The van der Waals surface area contributed by atoms with Gasteiger partial charge in [-0.3, -0.25) is 4.79 Å². The molecule has 6 nitrogen and oxygen atoms in total. The van der Waals surface area contributed by atoms with Gasteiger partial charge in [0.1, 0.15) is 6.04 Å². The van der Waals surface area contributed by atoms with Crippen LogP contribution in [0.1, 0.15) is 26.3 Å². The lowest BCUT2D eigenvalue weighted by atomic mass is 9.88. The summed E-state index contributed by atoms with van der Waals surface area (Å²) in [4.78, 5) is 11.1. The molecule has 1 atom stereocenters. The summed E-state index contributed by atoms with van der Waals surface area (Å²) in [6.07, 6.45) is 0. The van der Waals surface area contributed by atoms with Crippen LogP contribution in [0.15, 0.2) is 29.2 Å². The summed E-state index contributed by atoms with van der Waals surface area (Å²) in [7, 11) is -3.95. The van der Waals surface area contributed by atoms with Crippen molar-refractivity contribution in [3.8, 4) is 6.07 Å². The van der Waals surface area contributed by atoms with E-state index in [2.05, 4.69) is 4.72 Å². The van der Waals surface area contributed by atoms with Gasteiger partial charge in [-0.25, -0.2) is 8.42 Å². The molecule has 0 aliphatic rings. The van der Waals surface area contributed by atoms with Crippen LogP contribution in [-0.2, 0) is 14.8 Å². The second kappa shape index (κ2) is 5.61. The predicted octanol–water partition coefficient (Wildman–Crippen LogP) is 1.34. The maximum Gasteiger partial charge on any atom is 0.322 e. The van der Waals surface area contributed by atoms with E-state index in [-0.39, 0.29) is 4.90 Å². The summed E-state index contributed by atoms with van der Waals surface area (Å²) in [6, 6.07) is 5.89. The zero-order valence-electron chi connectivity index (χ0n) is 11.4. The molecule has 1 aromatic carbocycles. The Morgan fingerprint density at radius 1 is 1.30 bits per heavy atom. The monoisotopic (exact) mass is 296 g/mol. The first-order valence-electron chi connectivity index (χ1n) is 5.83. The normalized spacial score (nSPS) is 13.5. The molecule has 0 aromatic heterocycles. The van der Waals surface area contributed by atoms with E-state index >= 15 is 0 Å². The molecule has 0 amide bonds. The topological polar surface area (TPSA) is 107 Å². The maximum atomic E-state index is 12.1. The molecule has 0 radical (unpaired) electrons. The lowest BCUT2D eigenvalue weighted by Crippen LogP contribution is -2.48. The molecule has 0 heterocycles. The van der Waals surface area contributed by atoms with Gasteiger partial charge in [-0.15, -0.1) is 0 Å². The van der Waals surface area contributed by atoms with Gasteiger partial charge in [0.15, 0.2) is 0 Å². The van der Waals surface area contributed by atoms with Crippen molar-refractivity contribution in [2.24, 2.45) is 5.41 Å². The first-order valence-corrected chi connectivity index (χ1v) is 7.31. The van der Waals surface area contributed by atoms with E-state index in [4.69, 9.17) is 10.4 Å². The van der Waals surface area contributed by atoms with Crippen LogP contribution in [0, 0.1) is 16.7 Å². The Morgan fingerprint density at radius 3 is 2.15 bits per heavy atom. The number of aliphatic carboxylic acids is 1. The highest BCUT2D eigenvalue weighted by Gasteiger charge is 2.35. The lowest BCUT2D eigenvalue weighted by molar-refractivity contribution is -0.141. The molecule has 0 saturated heterocycles. The fourth-order valence-corrected chi connectivity index (χ4v) is 2.92. The van der Waals surface area contributed by atoms with Gasteiger partial charge >= 0.3 is 5.97 Å². The molecule has 0 bridgehead atoms. The molecule has 0 spiro atoms.